The fourth-order valence-corrected chi connectivity index (χ4v) is 4.53. The van der Waals surface area contributed by atoms with E-state index in [4.69, 9.17) is 9.47 Å². The van der Waals surface area contributed by atoms with Crippen LogP contribution in [0.4, 0.5) is 16.2 Å². The van der Waals surface area contributed by atoms with E-state index in [1.165, 1.54) is 11.3 Å². The Morgan fingerprint density at radius 1 is 1.06 bits per heavy atom. The summed E-state index contributed by atoms with van der Waals surface area (Å²) in [6.07, 6.45) is 0.818. The first-order valence-corrected chi connectivity index (χ1v) is 11.6. The zero-order chi connectivity index (χ0) is 23.4. The van der Waals surface area contributed by atoms with E-state index >= 15 is 0 Å². The molecular weight excluding hydrogens is 438 g/mol. The molecular formula is C25H27N3O4S. The highest BCUT2D eigenvalue weighted by atomic mass is 32.1. The van der Waals surface area contributed by atoms with E-state index < -0.39 is 0 Å². The summed E-state index contributed by atoms with van der Waals surface area (Å²) in [5.74, 6) is 1.19. The quantitative estimate of drug-likeness (QED) is 0.523. The molecule has 0 atom stereocenters. The summed E-state index contributed by atoms with van der Waals surface area (Å²) in [6, 6.07) is 14.9. The Bertz CT molecular complexity index is 1120. The molecule has 8 heteroatoms. The second kappa shape index (κ2) is 9.95. The molecule has 0 saturated carbocycles. The summed E-state index contributed by atoms with van der Waals surface area (Å²) in [5, 5.41) is 4.86. The summed E-state index contributed by atoms with van der Waals surface area (Å²) in [5.41, 5.74) is 3.26. The average Bonchev–Trinajstić information content (AvgIpc) is 3.36. The summed E-state index contributed by atoms with van der Waals surface area (Å²) in [6.45, 7) is 3.63. The van der Waals surface area contributed by atoms with Gasteiger partial charge in [0, 0.05) is 25.7 Å². The van der Waals surface area contributed by atoms with Crippen molar-refractivity contribution in [2.75, 3.05) is 37.5 Å². The standard InChI is InChI=1S/C25H27N3O4S/c1-17-7-8-22(21(12-17)26-24(29)23-6-4-11-33-23)28-10-5-9-27(25(28)30)16-18-13-19(31-2)15-20(14-18)32-3/h4,6-8,11-15H,5,9-10,16H2,1-3H3,(H,26,29). The van der Waals surface area contributed by atoms with E-state index in [9.17, 15) is 9.59 Å². The fourth-order valence-electron chi connectivity index (χ4n) is 3.91. The molecule has 3 aromatic rings. The lowest BCUT2D eigenvalue weighted by molar-refractivity contribution is 0.103. The molecule has 0 bridgehead atoms. The maximum absolute atomic E-state index is 13.5. The van der Waals surface area contributed by atoms with E-state index in [-0.39, 0.29) is 11.9 Å². The number of carbonyl (C=O) groups is 2. The van der Waals surface area contributed by atoms with Crippen LogP contribution in [-0.4, -0.2) is 44.1 Å². The van der Waals surface area contributed by atoms with Crippen molar-refractivity contribution < 1.29 is 19.1 Å². The van der Waals surface area contributed by atoms with Gasteiger partial charge in [0.25, 0.3) is 5.91 Å². The lowest BCUT2D eigenvalue weighted by Crippen LogP contribution is -2.49. The van der Waals surface area contributed by atoms with Gasteiger partial charge < -0.3 is 19.7 Å². The Hall–Kier alpha value is -3.52. The number of hydrogen-bond acceptors (Lipinski definition) is 5. The molecule has 172 valence electrons. The van der Waals surface area contributed by atoms with Crippen LogP contribution in [0.25, 0.3) is 0 Å². The number of methoxy groups -OCH3 is 2. The number of ether oxygens (including phenoxy) is 2. The molecule has 1 aliphatic rings. The van der Waals surface area contributed by atoms with Crippen molar-refractivity contribution >= 4 is 34.6 Å². The molecule has 0 unspecified atom stereocenters. The number of carbonyl (C=O) groups excluding carboxylic acids is 2. The maximum Gasteiger partial charge on any atom is 0.324 e. The third-order valence-corrected chi connectivity index (χ3v) is 6.40. The molecule has 0 radical (unpaired) electrons. The Kier molecular flexibility index (Phi) is 6.84. The largest absolute Gasteiger partial charge is 0.497 e. The molecule has 0 aliphatic carbocycles. The van der Waals surface area contributed by atoms with Gasteiger partial charge in [-0.25, -0.2) is 4.79 Å². The van der Waals surface area contributed by atoms with Gasteiger partial charge in [-0.05, 0) is 60.2 Å². The molecule has 4 rings (SSSR count). The summed E-state index contributed by atoms with van der Waals surface area (Å²) < 4.78 is 10.7. The summed E-state index contributed by atoms with van der Waals surface area (Å²) >= 11 is 1.38. The van der Waals surface area contributed by atoms with Gasteiger partial charge in [0.2, 0.25) is 0 Å². The van der Waals surface area contributed by atoms with Crippen molar-refractivity contribution in [3.8, 4) is 11.5 Å². The molecule has 3 amide bonds. The highest BCUT2D eigenvalue weighted by molar-refractivity contribution is 7.12. The molecule has 7 nitrogen and oxygen atoms in total. The van der Waals surface area contributed by atoms with Gasteiger partial charge in [-0.3, -0.25) is 9.69 Å². The van der Waals surface area contributed by atoms with Crippen molar-refractivity contribution in [1.82, 2.24) is 4.90 Å². The molecule has 1 N–H and O–H groups in total. The Labute approximate surface area is 197 Å². The van der Waals surface area contributed by atoms with Gasteiger partial charge in [0.05, 0.1) is 30.5 Å². The number of thiophene rings is 1. The molecule has 1 aromatic heterocycles. The van der Waals surface area contributed by atoms with E-state index in [1.807, 2.05) is 59.7 Å². The average molecular weight is 466 g/mol. The van der Waals surface area contributed by atoms with Crippen molar-refractivity contribution in [2.24, 2.45) is 0 Å². The minimum Gasteiger partial charge on any atom is -0.497 e. The topological polar surface area (TPSA) is 71.1 Å². The van der Waals surface area contributed by atoms with Crippen LogP contribution in [0.1, 0.15) is 27.2 Å². The normalized spacial score (nSPS) is 13.7. The number of benzene rings is 2. The Morgan fingerprint density at radius 3 is 2.48 bits per heavy atom. The summed E-state index contributed by atoms with van der Waals surface area (Å²) in [4.78, 5) is 30.3. The van der Waals surface area contributed by atoms with E-state index in [2.05, 4.69) is 5.32 Å². The molecule has 2 heterocycles. The molecule has 1 aliphatic heterocycles. The molecule has 0 spiro atoms. The third kappa shape index (κ3) is 5.12. The smallest absolute Gasteiger partial charge is 0.324 e. The van der Waals surface area contributed by atoms with Crippen LogP contribution in [0.3, 0.4) is 0 Å². The highest BCUT2D eigenvalue weighted by Crippen LogP contribution is 2.32. The van der Waals surface area contributed by atoms with Gasteiger partial charge in [-0.2, -0.15) is 0 Å². The van der Waals surface area contributed by atoms with Crippen LogP contribution in [0.15, 0.2) is 53.9 Å². The van der Waals surface area contributed by atoms with Crippen LogP contribution in [-0.2, 0) is 6.54 Å². The zero-order valence-electron chi connectivity index (χ0n) is 19.0. The molecule has 1 saturated heterocycles. The van der Waals surface area contributed by atoms with Crippen LogP contribution < -0.4 is 19.7 Å². The van der Waals surface area contributed by atoms with Crippen LogP contribution in [0.2, 0.25) is 0 Å². The first-order chi connectivity index (χ1) is 16.0. The maximum atomic E-state index is 13.5. The molecule has 2 aromatic carbocycles. The predicted octanol–water partition coefficient (Wildman–Crippen LogP) is 5.16. The number of anilines is 2. The highest BCUT2D eigenvalue weighted by Gasteiger charge is 2.29. The number of rotatable bonds is 7. The van der Waals surface area contributed by atoms with Crippen molar-refractivity contribution in [1.29, 1.82) is 0 Å². The van der Waals surface area contributed by atoms with E-state index in [0.29, 0.717) is 47.4 Å². The fraction of sp³-hybridized carbons (Fsp3) is 0.280. The second-order valence-electron chi connectivity index (χ2n) is 7.88. The number of hydrogen-bond donors (Lipinski definition) is 1. The zero-order valence-corrected chi connectivity index (χ0v) is 19.8. The molecule has 33 heavy (non-hydrogen) atoms. The van der Waals surface area contributed by atoms with Gasteiger partial charge in [0.1, 0.15) is 11.5 Å². The first-order valence-electron chi connectivity index (χ1n) is 10.7. The second-order valence-corrected chi connectivity index (χ2v) is 8.83. The lowest BCUT2D eigenvalue weighted by atomic mass is 10.1. The van der Waals surface area contributed by atoms with Crippen LogP contribution >= 0.6 is 11.3 Å². The lowest BCUT2D eigenvalue weighted by Gasteiger charge is -2.36. The van der Waals surface area contributed by atoms with Gasteiger partial charge in [0.15, 0.2) is 0 Å². The van der Waals surface area contributed by atoms with Crippen LogP contribution in [0.5, 0.6) is 11.5 Å². The first kappa shape index (κ1) is 22.7. The van der Waals surface area contributed by atoms with Crippen LogP contribution in [0, 0.1) is 6.92 Å². The monoisotopic (exact) mass is 465 g/mol. The number of amides is 3. The number of aryl methyl sites for hydroxylation is 1. The third-order valence-electron chi connectivity index (χ3n) is 5.53. The van der Waals surface area contributed by atoms with E-state index in [1.54, 1.807) is 25.2 Å². The number of nitrogens with zero attached hydrogens (tertiary/aromatic N) is 2. The SMILES string of the molecule is COc1cc(CN2CCCN(c3ccc(C)cc3NC(=O)c3cccs3)C2=O)cc(OC)c1. The number of nitrogens with one attached hydrogen (secondary N) is 1. The molecule has 1 fully saturated rings. The Balaban J connectivity index is 1.58. The van der Waals surface area contributed by atoms with Crippen molar-refractivity contribution in [3.05, 3.63) is 69.9 Å². The number of urea groups is 1. The van der Waals surface area contributed by atoms with Gasteiger partial charge in [-0.15, -0.1) is 11.3 Å². The minimum absolute atomic E-state index is 0.0986. The Morgan fingerprint density at radius 2 is 1.82 bits per heavy atom. The van der Waals surface area contributed by atoms with E-state index in [0.717, 1.165) is 17.5 Å². The van der Waals surface area contributed by atoms with Gasteiger partial charge in [-0.1, -0.05) is 12.1 Å². The van der Waals surface area contributed by atoms with Crippen molar-refractivity contribution in [3.63, 3.8) is 0 Å². The minimum atomic E-state index is -0.179. The summed E-state index contributed by atoms with van der Waals surface area (Å²) in [7, 11) is 3.21. The predicted molar refractivity (Wildman–Crippen MR) is 131 cm³/mol. The van der Waals surface area contributed by atoms with Crippen molar-refractivity contribution in [2.45, 2.75) is 19.9 Å². The van der Waals surface area contributed by atoms with Gasteiger partial charge >= 0.3 is 6.03 Å².